The molecule has 1 N–H and O–H groups in total. The van der Waals surface area contributed by atoms with E-state index in [4.69, 9.17) is 9.72 Å². The van der Waals surface area contributed by atoms with Crippen LogP contribution in [0.5, 0.6) is 5.75 Å². The van der Waals surface area contributed by atoms with E-state index in [1.54, 1.807) is 0 Å². The number of unbranched alkanes of at least 4 members (excludes halogenated alkanes) is 1. The molecule has 3 aromatic rings. The lowest BCUT2D eigenvalue weighted by Crippen LogP contribution is -2.26. The van der Waals surface area contributed by atoms with Crippen LogP contribution in [0.4, 0.5) is 0 Å². The molecule has 0 bridgehead atoms. The Morgan fingerprint density at radius 3 is 2.71 bits per heavy atom. The third kappa shape index (κ3) is 4.71. The van der Waals surface area contributed by atoms with Crippen molar-refractivity contribution in [3.63, 3.8) is 0 Å². The second kappa shape index (κ2) is 8.91. The SMILES string of the molecule is CC(=O)NC(C)c1nc2ccccc2n1CCCCOc1ccc(C)cc1C. The molecule has 0 radical (unpaired) electrons. The maximum atomic E-state index is 11.5. The molecule has 148 valence electrons. The van der Waals surface area contributed by atoms with E-state index in [1.165, 1.54) is 18.1 Å². The fourth-order valence-corrected chi connectivity index (χ4v) is 3.54. The molecule has 1 amide bonds. The van der Waals surface area contributed by atoms with E-state index in [0.717, 1.165) is 42.0 Å². The van der Waals surface area contributed by atoms with Gasteiger partial charge in [-0.15, -0.1) is 0 Å². The fraction of sp³-hybridized carbons (Fsp3) is 0.391. The minimum Gasteiger partial charge on any atom is -0.493 e. The highest BCUT2D eigenvalue weighted by Gasteiger charge is 2.16. The minimum absolute atomic E-state index is 0.0482. The summed E-state index contributed by atoms with van der Waals surface area (Å²) in [4.78, 5) is 16.2. The molecule has 1 aromatic heterocycles. The lowest BCUT2D eigenvalue weighted by molar-refractivity contribution is -0.119. The van der Waals surface area contributed by atoms with Crippen LogP contribution in [0.25, 0.3) is 11.0 Å². The van der Waals surface area contributed by atoms with Gasteiger partial charge in [0.05, 0.1) is 23.7 Å². The van der Waals surface area contributed by atoms with Crippen LogP contribution >= 0.6 is 0 Å². The summed E-state index contributed by atoms with van der Waals surface area (Å²) in [5.41, 5.74) is 4.48. The van der Waals surface area contributed by atoms with Gasteiger partial charge in [-0.25, -0.2) is 4.98 Å². The number of hydrogen-bond acceptors (Lipinski definition) is 3. The number of fused-ring (bicyclic) bond motifs is 1. The maximum absolute atomic E-state index is 11.5. The number of amides is 1. The third-order valence-electron chi connectivity index (χ3n) is 4.86. The van der Waals surface area contributed by atoms with Crippen molar-refractivity contribution in [2.75, 3.05) is 6.61 Å². The molecule has 0 aliphatic heterocycles. The van der Waals surface area contributed by atoms with E-state index in [2.05, 4.69) is 41.9 Å². The molecular formula is C23H29N3O2. The van der Waals surface area contributed by atoms with E-state index in [9.17, 15) is 4.79 Å². The summed E-state index contributed by atoms with van der Waals surface area (Å²) in [7, 11) is 0. The zero-order chi connectivity index (χ0) is 20.1. The monoisotopic (exact) mass is 379 g/mol. The number of carbonyl (C=O) groups is 1. The van der Waals surface area contributed by atoms with Gasteiger partial charge in [0.25, 0.3) is 0 Å². The van der Waals surface area contributed by atoms with Crippen LogP contribution in [0, 0.1) is 13.8 Å². The van der Waals surface area contributed by atoms with Crippen LogP contribution < -0.4 is 10.1 Å². The lowest BCUT2D eigenvalue weighted by Gasteiger charge is -2.15. The number of ether oxygens (including phenoxy) is 1. The Labute approximate surface area is 166 Å². The van der Waals surface area contributed by atoms with E-state index in [0.29, 0.717) is 6.61 Å². The standard InChI is InChI=1S/C23H29N3O2/c1-16-11-12-22(17(2)15-16)28-14-8-7-13-26-21-10-6-5-9-20(21)25-23(26)18(3)24-19(4)27/h5-6,9-12,15,18H,7-8,13-14H2,1-4H3,(H,24,27). The van der Waals surface area contributed by atoms with E-state index < -0.39 is 0 Å². The van der Waals surface area contributed by atoms with Gasteiger partial charge >= 0.3 is 0 Å². The summed E-state index contributed by atoms with van der Waals surface area (Å²) in [6, 6.07) is 14.2. The van der Waals surface area contributed by atoms with E-state index in [1.807, 2.05) is 31.2 Å². The average Bonchev–Trinajstić information content (AvgIpc) is 3.01. The predicted molar refractivity (Wildman–Crippen MR) is 113 cm³/mol. The Morgan fingerprint density at radius 1 is 1.18 bits per heavy atom. The first-order chi connectivity index (χ1) is 13.5. The number of benzene rings is 2. The van der Waals surface area contributed by atoms with Gasteiger partial charge in [-0.05, 0) is 57.4 Å². The molecule has 3 rings (SSSR count). The molecule has 2 aromatic carbocycles. The van der Waals surface area contributed by atoms with E-state index >= 15 is 0 Å². The number of aromatic nitrogens is 2. The van der Waals surface area contributed by atoms with Crippen molar-refractivity contribution in [3.8, 4) is 5.75 Å². The van der Waals surface area contributed by atoms with Crippen molar-refractivity contribution in [2.45, 2.75) is 53.1 Å². The molecule has 1 unspecified atom stereocenters. The number of imidazole rings is 1. The van der Waals surface area contributed by atoms with Gasteiger partial charge in [-0.2, -0.15) is 0 Å². The van der Waals surface area contributed by atoms with Crippen molar-refractivity contribution in [2.24, 2.45) is 0 Å². The number of aryl methyl sites for hydroxylation is 3. The molecule has 0 spiro atoms. The largest absolute Gasteiger partial charge is 0.493 e. The molecular weight excluding hydrogens is 350 g/mol. The van der Waals surface area contributed by atoms with Gasteiger partial charge in [-0.1, -0.05) is 29.8 Å². The Kier molecular flexibility index (Phi) is 6.34. The number of hydrogen-bond donors (Lipinski definition) is 1. The topological polar surface area (TPSA) is 56.2 Å². The summed E-state index contributed by atoms with van der Waals surface area (Å²) >= 11 is 0. The Hall–Kier alpha value is -2.82. The smallest absolute Gasteiger partial charge is 0.217 e. The second-order valence-electron chi connectivity index (χ2n) is 7.36. The minimum atomic E-state index is -0.128. The van der Waals surface area contributed by atoms with Gasteiger partial charge in [-0.3, -0.25) is 4.79 Å². The normalized spacial score (nSPS) is 12.1. The summed E-state index contributed by atoms with van der Waals surface area (Å²) in [6.45, 7) is 9.21. The zero-order valence-corrected chi connectivity index (χ0v) is 17.2. The van der Waals surface area contributed by atoms with Crippen LogP contribution in [0.2, 0.25) is 0 Å². The van der Waals surface area contributed by atoms with Gasteiger partial charge < -0.3 is 14.6 Å². The van der Waals surface area contributed by atoms with Crippen molar-refractivity contribution >= 4 is 16.9 Å². The second-order valence-corrected chi connectivity index (χ2v) is 7.36. The van der Waals surface area contributed by atoms with Gasteiger partial charge in [0.2, 0.25) is 5.91 Å². The zero-order valence-electron chi connectivity index (χ0n) is 17.2. The first kappa shape index (κ1) is 19.9. The van der Waals surface area contributed by atoms with Gasteiger partial charge in [0, 0.05) is 13.5 Å². The molecule has 1 heterocycles. The van der Waals surface area contributed by atoms with Crippen molar-refractivity contribution in [1.29, 1.82) is 0 Å². The van der Waals surface area contributed by atoms with Crippen LogP contribution in [-0.2, 0) is 11.3 Å². The molecule has 0 saturated heterocycles. The van der Waals surface area contributed by atoms with Crippen LogP contribution in [0.3, 0.4) is 0 Å². The molecule has 0 saturated carbocycles. The number of nitrogens with one attached hydrogen (secondary N) is 1. The highest BCUT2D eigenvalue weighted by molar-refractivity contribution is 5.77. The molecule has 5 nitrogen and oxygen atoms in total. The quantitative estimate of drug-likeness (QED) is 0.577. The molecule has 0 aliphatic carbocycles. The van der Waals surface area contributed by atoms with Gasteiger partial charge in [0.15, 0.2) is 0 Å². The Balaban J connectivity index is 1.63. The molecule has 0 fully saturated rings. The number of nitrogens with zero attached hydrogens (tertiary/aromatic N) is 2. The summed E-state index contributed by atoms with van der Waals surface area (Å²) in [5.74, 6) is 1.80. The summed E-state index contributed by atoms with van der Waals surface area (Å²) in [6.07, 6.45) is 1.93. The first-order valence-electron chi connectivity index (χ1n) is 9.88. The van der Waals surface area contributed by atoms with Crippen LogP contribution in [0.1, 0.15) is 49.7 Å². The molecule has 1 atom stereocenters. The molecule has 0 aliphatic rings. The predicted octanol–water partition coefficient (Wildman–Crippen LogP) is 4.71. The Bertz CT molecular complexity index is 962. The first-order valence-corrected chi connectivity index (χ1v) is 9.88. The highest BCUT2D eigenvalue weighted by Crippen LogP contribution is 2.22. The Morgan fingerprint density at radius 2 is 1.96 bits per heavy atom. The summed E-state index contributed by atoms with van der Waals surface area (Å²) in [5, 5.41) is 2.95. The molecule has 28 heavy (non-hydrogen) atoms. The van der Waals surface area contributed by atoms with E-state index in [-0.39, 0.29) is 11.9 Å². The number of rotatable bonds is 8. The third-order valence-corrected chi connectivity index (χ3v) is 4.86. The van der Waals surface area contributed by atoms with Crippen LogP contribution in [0.15, 0.2) is 42.5 Å². The number of carbonyl (C=O) groups excluding carboxylic acids is 1. The van der Waals surface area contributed by atoms with Crippen molar-refractivity contribution < 1.29 is 9.53 Å². The van der Waals surface area contributed by atoms with Crippen LogP contribution in [-0.4, -0.2) is 22.1 Å². The maximum Gasteiger partial charge on any atom is 0.217 e. The fourth-order valence-electron chi connectivity index (χ4n) is 3.54. The average molecular weight is 380 g/mol. The lowest BCUT2D eigenvalue weighted by atomic mass is 10.1. The van der Waals surface area contributed by atoms with Crippen molar-refractivity contribution in [3.05, 3.63) is 59.4 Å². The molecule has 5 heteroatoms. The van der Waals surface area contributed by atoms with Gasteiger partial charge in [0.1, 0.15) is 11.6 Å². The van der Waals surface area contributed by atoms with Crippen molar-refractivity contribution in [1.82, 2.24) is 14.9 Å². The highest BCUT2D eigenvalue weighted by atomic mass is 16.5. The number of para-hydroxylation sites is 2. The summed E-state index contributed by atoms with van der Waals surface area (Å²) < 4.78 is 8.16.